The highest BCUT2D eigenvalue weighted by Crippen LogP contribution is 2.35. The predicted octanol–water partition coefficient (Wildman–Crippen LogP) is 6.50. The van der Waals surface area contributed by atoms with Crippen molar-refractivity contribution in [1.29, 1.82) is 0 Å². The number of halogens is 4. The van der Waals surface area contributed by atoms with Gasteiger partial charge in [-0.25, -0.2) is 4.79 Å². The van der Waals surface area contributed by atoms with E-state index < -0.39 is 17.8 Å². The molecule has 1 aliphatic rings. The van der Waals surface area contributed by atoms with E-state index in [1.165, 1.54) is 12.1 Å². The zero-order chi connectivity index (χ0) is 22.2. The first-order chi connectivity index (χ1) is 14.7. The predicted molar refractivity (Wildman–Crippen MR) is 114 cm³/mol. The Balaban J connectivity index is 1.69. The summed E-state index contributed by atoms with van der Waals surface area (Å²) >= 11 is 6.18. The fraction of sp³-hybridized carbons (Fsp3) is 0.261. The third kappa shape index (κ3) is 4.42. The summed E-state index contributed by atoms with van der Waals surface area (Å²) in [6, 6.07) is 13.2. The number of benzene rings is 2. The number of nitrogens with zero attached hydrogens (tertiary/aromatic N) is 2. The number of alkyl halides is 3. The lowest BCUT2D eigenvalue weighted by molar-refractivity contribution is -0.137. The molecule has 0 bridgehead atoms. The molecule has 1 aromatic heterocycles. The number of urea groups is 1. The molecule has 1 atom stereocenters. The number of hydrogen-bond acceptors (Lipinski definition) is 1. The molecule has 0 aliphatic carbocycles. The van der Waals surface area contributed by atoms with E-state index >= 15 is 0 Å². The van der Waals surface area contributed by atoms with Crippen molar-refractivity contribution >= 4 is 23.3 Å². The fourth-order valence-corrected chi connectivity index (χ4v) is 4.05. The first-order valence-electron chi connectivity index (χ1n) is 9.90. The number of hydrogen-bond donors (Lipinski definition) is 1. The molecular formula is C23H21ClF3N3O. The Hall–Kier alpha value is -2.93. The van der Waals surface area contributed by atoms with Gasteiger partial charge in [0.2, 0.25) is 0 Å². The van der Waals surface area contributed by atoms with Crippen LogP contribution in [0.4, 0.5) is 23.7 Å². The SMILES string of the molecule is Cc1ccc(NC(=O)N2CCCn3cccc3C2c2ccc(C(F)(F)F)cc2)cc1Cl. The second-order valence-corrected chi connectivity index (χ2v) is 8.00. The first kappa shape index (κ1) is 21.3. The number of aromatic nitrogens is 1. The fourth-order valence-electron chi connectivity index (χ4n) is 3.87. The molecule has 8 heteroatoms. The van der Waals surface area contributed by atoms with Gasteiger partial charge in [-0.3, -0.25) is 0 Å². The van der Waals surface area contributed by atoms with Crippen LogP contribution in [0.2, 0.25) is 5.02 Å². The second kappa shape index (κ2) is 8.30. The van der Waals surface area contributed by atoms with Crippen molar-refractivity contribution < 1.29 is 18.0 Å². The minimum atomic E-state index is -4.41. The zero-order valence-corrected chi connectivity index (χ0v) is 17.5. The lowest BCUT2D eigenvalue weighted by atomic mass is 10.0. The van der Waals surface area contributed by atoms with Gasteiger partial charge in [-0.15, -0.1) is 0 Å². The molecule has 2 amide bonds. The number of amides is 2. The molecule has 0 radical (unpaired) electrons. The standard InChI is InChI=1S/C23H21ClF3N3O/c1-15-5-10-18(14-19(15)24)28-22(31)30-13-3-12-29-11-2-4-20(29)21(30)16-6-8-17(9-7-16)23(25,26)27/h2,4-11,14,21H,3,12-13H2,1H3,(H,28,31). The highest BCUT2D eigenvalue weighted by atomic mass is 35.5. The Labute approximate surface area is 183 Å². The van der Waals surface area contributed by atoms with Gasteiger partial charge in [0.25, 0.3) is 0 Å². The molecule has 4 nitrogen and oxygen atoms in total. The molecule has 2 aromatic carbocycles. The molecule has 1 N–H and O–H groups in total. The molecule has 2 heterocycles. The Morgan fingerprint density at radius 2 is 1.84 bits per heavy atom. The zero-order valence-electron chi connectivity index (χ0n) is 16.8. The lowest BCUT2D eigenvalue weighted by Crippen LogP contribution is -2.38. The minimum Gasteiger partial charge on any atom is -0.349 e. The molecule has 162 valence electrons. The summed E-state index contributed by atoms with van der Waals surface area (Å²) in [5.74, 6) is 0. The highest BCUT2D eigenvalue weighted by molar-refractivity contribution is 6.31. The third-order valence-electron chi connectivity index (χ3n) is 5.49. The number of anilines is 1. The lowest BCUT2D eigenvalue weighted by Gasteiger charge is -2.31. The van der Waals surface area contributed by atoms with Crippen LogP contribution in [0.5, 0.6) is 0 Å². The van der Waals surface area contributed by atoms with Crippen molar-refractivity contribution in [2.75, 3.05) is 11.9 Å². The van der Waals surface area contributed by atoms with E-state index in [1.807, 2.05) is 35.9 Å². The molecule has 4 rings (SSSR count). The van der Waals surface area contributed by atoms with E-state index in [1.54, 1.807) is 17.0 Å². The van der Waals surface area contributed by atoms with Gasteiger partial charge in [-0.2, -0.15) is 13.2 Å². The van der Waals surface area contributed by atoms with E-state index in [-0.39, 0.29) is 6.03 Å². The summed E-state index contributed by atoms with van der Waals surface area (Å²) in [7, 11) is 0. The van der Waals surface area contributed by atoms with Crippen LogP contribution >= 0.6 is 11.6 Å². The van der Waals surface area contributed by atoms with Crippen molar-refractivity contribution in [3.63, 3.8) is 0 Å². The summed E-state index contributed by atoms with van der Waals surface area (Å²) in [4.78, 5) is 14.9. The average molecular weight is 448 g/mol. The van der Waals surface area contributed by atoms with Crippen LogP contribution in [0.1, 0.15) is 34.8 Å². The maximum absolute atomic E-state index is 13.2. The largest absolute Gasteiger partial charge is 0.416 e. The molecule has 0 saturated carbocycles. The van der Waals surface area contributed by atoms with Gasteiger partial charge in [0.15, 0.2) is 0 Å². The van der Waals surface area contributed by atoms with Crippen molar-refractivity contribution in [3.05, 3.63) is 88.2 Å². The van der Waals surface area contributed by atoms with Gasteiger partial charge in [-0.05, 0) is 60.9 Å². The van der Waals surface area contributed by atoms with E-state index in [2.05, 4.69) is 5.32 Å². The molecule has 0 saturated heterocycles. The van der Waals surface area contributed by atoms with Gasteiger partial charge in [0, 0.05) is 35.7 Å². The van der Waals surface area contributed by atoms with Gasteiger partial charge in [0.1, 0.15) is 0 Å². The van der Waals surface area contributed by atoms with Crippen LogP contribution < -0.4 is 5.32 Å². The first-order valence-corrected chi connectivity index (χ1v) is 10.3. The maximum Gasteiger partial charge on any atom is 0.416 e. The molecular weight excluding hydrogens is 427 g/mol. The monoisotopic (exact) mass is 447 g/mol. The number of fused-ring (bicyclic) bond motifs is 1. The molecule has 0 fully saturated rings. The average Bonchev–Trinajstić information content (AvgIpc) is 3.10. The van der Waals surface area contributed by atoms with E-state index in [9.17, 15) is 18.0 Å². The number of carbonyl (C=O) groups is 1. The van der Waals surface area contributed by atoms with Crippen LogP contribution in [0.3, 0.4) is 0 Å². The van der Waals surface area contributed by atoms with Crippen molar-refractivity contribution in [2.24, 2.45) is 0 Å². The van der Waals surface area contributed by atoms with Crippen molar-refractivity contribution in [2.45, 2.75) is 32.1 Å². The Morgan fingerprint density at radius 1 is 1.10 bits per heavy atom. The van der Waals surface area contributed by atoms with Gasteiger partial charge < -0.3 is 14.8 Å². The third-order valence-corrected chi connectivity index (χ3v) is 5.90. The molecule has 0 spiro atoms. The topological polar surface area (TPSA) is 37.3 Å². The summed E-state index contributed by atoms with van der Waals surface area (Å²) in [6.07, 6.45) is -1.77. The van der Waals surface area contributed by atoms with Crippen LogP contribution in [0, 0.1) is 6.92 Å². The van der Waals surface area contributed by atoms with Gasteiger partial charge in [-0.1, -0.05) is 29.8 Å². The second-order valence-electron chi connectivity index (χ2n) is 7.59. The Kier molecular flexibility index (Phi) is 5.71. The van der Waals surface area contributed by atoms with Crippen LogP contribution in [0.25, 0.3) is 0 Å². The number of rotatable bonds is 2. The molecule has 1 unspecified atom stereocenters. The molecule has 3 aromatic rings. The number of aryl methyl sites for hydroxylation is 2. The molecule has 31 heavy (non-hydrogen) atoms. The number of nitrogens with one attached hydrogen (secondary N) is 1. The Morgan fingerprint density at radius 3 is 2.52 bits per heavy atom. The van der Waals surface area contributed by atoms with E-state index in [4.69, 9.17) is 11.6 Å². The van der Waals surface area contributed by atoms with Crippen molar-refractivity contribution in [1.82, 2.24) is 9.47 Å². The van der Waals surface area contributed by atoms with Crippen LogP contribution in [-0.4, -0.2) is 22.0 Å². The molecule has 1 aliphatic heterocycles. The van der Waals surface area contributed by atoms with Crippen molar-refractivity contribution in [3.8, 4) is 0 Å². The van der Waals surface area contributed by atoms with Gasteiger partial charge in [0.05, 0.1) is 11.6 Å². The quantitative estimate of drug-likeness (QED) is 0.478. The normalized spacial score (nSPS) is 16.5. The summed E-state index contributed by atoms with van der Waals surface area (Å²) in [5.41, 5.74) is 2.22. The van der Waals surface area contributed by atoms with Crippen LogP contribution in [-0.2, 0) is 12.7 Å². The van der Waals surface area contributed by atoms with E-state index in [0.717, 1.165) is 36.4 Å². The maximum atomic E-state index is 13.2. The smallest absolute Gasteiger partial charge is 0.349 e. The summed E-state index contributed by atoms with van der Waals surface area (Å²) in [6.45, 7) is 3.05. The summed E-state index contributed by atoms with van der Waals surface area (Å²) in [5, 5.41) is 3.42. The minimum absolute atomic E-state index is 0.334. The van der Waals surface area contributed by atoms with Gasteiger partial charge >= 0.3 is 12.2 Å². The number of carbonyl (C=O) groups excluding carboxylic acids is 1. The Bertz CT molecular complexity index is 1090. The van der Waals surface area contributed by atoms with Crippen LogP contribution in [0.15, 0.2) is 60.8 Å². The van der Waals surface area contributed by atoms with E-state index in [0.29, 0.717) is 22.8 Å². The highest BCUT2D eigenvalue weighted by Gasteiger charge is 2.33. The summed E-state index contributed by atoms with van der Waals surface area (Å²) < 4.78 is 41.1.